The zero-order valence-electron chi connectivity index (χ0n) is 13.4. The predicted octanol–water partition coefficient (Wildman–Crippen LogP) is 3.45. The lowest BCUT2D eigenvalue weighted by Gasteiger charge is -2.38. The first-order chi connectivity index (χ1) is 9.58. The number of hydrogen-bond donors (Lipinski definition) is 1. The Labute approximate surface area is 123 Å². The molecule has 0 amide bonds. The molecule has 0 saturated carbocycles. The van der Waals surface area contributed by atoms with Crippen LogP contribution < -0.4 is 10.2 Å². The van der Waals surface area contributed by atoms with E-state index in [1.54, 1.807) is 0 Å². The maximum atomic E-state index is 4.66. The largest absolute Gasteiger partial charge is 0.354 e. The van der Waals surface area contributed by atoms with Crippen LogP contribution in [0.5, 0.6) is 0 Å². The van der Waals surface area contributed by atoms with E-state index in [0.717, 1.165) is 25.6 Å². The highest BCUT2D eigenvalue weighted by Gasteiger charge is 2.25. The monoisotopic (exact) mass is 275 g/mol. The topological polar surface area (TPSA) is 28.2 Å². The molecular weight excluding hydrogens is 246 g/mol. The smallest absolute Gasteiger partial charge is 0.133 e. The highest BCUT2D eigenvalue weighted by atomic mass is 15.2. The molecule has 20 heavy (non-hydrogen) atoms. The van der Waals surface area contributed by atoms with E-state index in [2.05, 4.69) is 49.0 Å². The maximum Gasteiger partial charge on any atom is 0.133 e. The van der Waals surface area contributed by atoms with E-state index < -0.39 is 0 Å². The first-order valence-electron chi connectivity index (χ1n) is 7.99. The van der Waals surface area contributed by atoms with Gasteiger partial charge in [0.1, 0.15) is 5.82 Å². The van der Waals surface area contributed by atoms with Crippen LogP contribution in [0.25, 0.3) is 0 Å². The van der Waals surface area contributed by atoms with Gasteiger partial charge in [-0.15, -0.1) is 0 Å². The molecule has 2 unspecified atom stereocenters. The van der Waals surface area contributed by atoms with E-state index in [9.17, 15) is 0 Å². The van der Waals surface area contributed by atoms with Crippen LogP contribution in [0.4, 0.5) is 5.82 Å². The van der Waals surface area contributed by atoms with Crippen molar-refractivity contribution in [1.29, 1.82) is 0 Å². The van der Waals surface area contributed by atoms with Crippen LogP contribution >= 0.6 is 0 Å². The molecule has 3 nitrogen and oxygen atoms in total. The minimum absolute atomic E-state index is 0.595. The molecular formula is C17H29N3. The van der Waals surface area contributed by atoms with E-state index in [0.29, 0.717) is 12.0 Å². The number of anilines is 1. The number of piperidine rings is 1. The van der Waals surface area contributed by atoms with Crippen molar-refractivity contribution in [3.05, 3.63) is 23.9 Å². The molecule has 3 heteroatoms. The molecule has 1 aliphatic rings. The molecule has 0 spiro atoms. The average molecular weight is 275 g/mol. The number of aromatic nitrogens is 1. The predicted molar refractivity (Wildman–Crippen MR) is 86.0 cm³/mol. The Morgan fingerprint density at radius 2 is 2.20 bits per heavy atom. The molecule has 1 N–H and O–H groups in total. The van der Waals surface area contributed by atoms with E-state index in [1.165, 1.54) is 24.2 Å². The van der Waals surface area contributed by atoms with Crippen LogP contribution in [0.3, 0.4) is 0 Å². The van der Waals surface area contributed by atoms with E-state index in [1.807, 2.05) is 12.3 Å². The van der Waals surface area contributed by atoms with Crippen LogP contribution in [-0.4, -0.2) is 24.1 Å². The lowest BCUT2D eigenvalue weighted by molar-refractivity contribution is 0.375. The summed E-state index contributed by atoms with van der Waals surface area (Å²) in [5, 5.41) is 3.54. The van der Waals surface area contributed by atoms with Gasteiger partial charge in [0.15, 0.2) is 0 Å². The van der Waals surface area contributed by atoms with Gasteiger partial charge in [0, 0.05) is 30.9 Å². The van der Waals surface area contributed by atoms with Gasteiger partial charge in [-0.1, -0.05) is 26.8 Å². The molecule has 0 aromatic carbocycles. The number of rotatable bonds is 5. The van der Waals surface area contributed by atoms with Crippen LogP contribution in [0.1, 0.15) is 46.1 Å². The molecule has 1 aromatic heterocycles. The van der Waals surface area contributed by atoms with Crippen LogP contribution in [0.15, 0.2) is 18.3 Å². The molecule has 1 aromatic rings. The van der Waals surface area contributed by atoms with Crippen molar-refractivity contribution in [2.75, 3.05) is 18.0 Å². The van der Waals surface area contributed by atoms with Gasteiger partial charge in [0.25, 0.3) is 0 Å². The van der Waals surface area contributed by atoms with Gasteiger partial charge < -0.3 is 10.2 Å². The molecule has 1 aliphatic heterocycles. The quantitative estimate of drug-likeness (QED) is 0.892. The number of hydrogen-bond acceptors (Lipinski definition) is 3. The fourth-order valence-electron chi connectivity index (χ4n) is 3.04. The first-order valence-corrected chi connectivity index (χ1v) is 7.99. The first kappa shape index (κ1) is 15.3. The summed E-state index contributed by atoms with van der Waals surface area (Å²) in [6.07, 6.45) is 4.47. The highest BCUT2D eigenvalue weighted by molar-refractivity contribution is 5.48. The third-order valence-electron chi connectivity index (χ3n) is 4.15. The van der Waals surface area contributed by atoms with Gasteiger partial charge in [-0.3, -0.25) is 0 Å². The van der Waals surface area contributed by atoms with Crippen molar-refractivity contribution in [3.63, 3.8) is 0 Å². The molecule has 1 saturated heterocycles. The lowest BCUT2D eigenvalue weighted by Crippen LogP contribution is -2.41. The van der Waals surface area contributed by atoms with Crippen molar-refractivity contribution in [2.45, 2.75) is 53.1 Å². The molecule has 1 fully saturated rings. The Hall–Kier alpha value is -1.09. The molecule has 2 rings (SSSR count). The second kappa shape index (κ2) is 7.07. The normalized spacial score (nSPS) is 23.4. The van der Waals surface area contributed by atoms with Crippen LogP contribution in [-0.2, 0) is 6.54 Å². The summed E-state index contributed by atoms with van der Waals surface area (Å²) in [6.45, 7) is 12.3. The van der Waals surface area contributed by atoms with Crippen molar-refractivity contribution in [3.8, 4) is 0 Å². The third-order valence-corrected chi connectivity index (χ3v) is 4.15. The Morgan fingerprint density at radius 1 is 1.40 bits per heavy atom. The fraction of sp³-hybridized carbons (Fsp3) is 0.706. The summed E-state index contributed by atoms with van der Waals surface area (Å²) in [7, 11) is 0. The average Bonchev–Trinajstić information content (AvgIpc) is 2.39. The molecule has 0 aliphatic carbocycles. The van der Waals surface area contributed by atoms with Gasteiger partial charge in [0.05, 0.1) is 0 Å². The Bertz CT molecular complexity index is 416. The lowest BCUT2D eigenvalue weighted by atomic mass is 9.93. The minimum atomic E-state index is 0.595. The summed E-state index contributed by atoms with van der Waals surface area (Å²) < 4.78 is 0. The van der Waals surface area contributed by atoms with Crippen molar-refractivity contribution >= 4 is 5.82 Å². The highest BCUT2D eigenvalue weighted by Crippen LogP contribution is 2.28. The number of nitrogens with zero attached hydrogens (tertiary/aromatic N) is 2. The molecule has 0 bridgehead atoms. The Balaban J connectivity index is 2.07. The van der Waals surface area contributed by atoms with E-state index in [-0.39, 0.29) is 0 Å². The van der Waals surface area contributed by atoms with Gasteiger partial charge in [0.2, 0.25) is 0 Å². The molecule has 112 valence electrons. The van der Waals surface area contributed by atoms with E-state index in [4.69, 9.17) is 0 Å². The van der Waals surface area contributed by atoms with Crippen molar-refractivity contribution in [1.82, 2.24) is 10.3 Å². The van der Waals surface area contributed by atoms with Gasteiger partial charge in [-0.05, 0) is 44.2 Å². The maximum absolute atomic E-state index is 4.66. The Morgan fingerprint density at radius 3 is 2.90 bits per heavy atom. The van der Waals surface area contributed by atoms with E-state index >= 15 is 0 Å². The minimum Gasteiger partial charge on any atom is -0.354 e. The number of nitrogens with one attached hydrogen (secondary N) is 1. The standard InChI is InChI=1S/C17H29N3/c1-13(2)11-18-12-16-6-5-8-19-17(16)20-9-7-14(3)10-15(20)4/h5-6,8,13-15,18H,7,9-12H2,1-4H3. The summed E-state index contributed by atoms with van der Waals surface area (Å²) in [6, 6.07) is 4.85. The number of pyridine rings is 1. The fourth-order valence-corrected chi connectivity index (χ4v) is 3.04. The summed E-state index contributed by atoms with van der Waals surface area (Å²) in [5.74, 6) is 2.71. The van der Waals surface area contributed by atoms with Gasteiger partial charge in [-0.25, -0.2) is 4.98 Å². The second-order valence-corrected chi connectivity index (χ2v) is 6.68. The second-order valence-electron chi connectivity index (χ2n) is 6.68. The van der Waals surface area contributed by atoms with Crippen LogP contribution in [0, 0.1) is 11.8 Å². The molecule has 0 radical (unpaired) electrons. The zero-order valence-corrected chi connectivity index (χ0v) is 13.4. The third kappa shape index (κ3) is 3.95. The molecule has 2 atom stereocenters. The summed E-state index contributed by atoms with van der Waals surface area (Å²) >= 11 is 0. The SMILES string of the molecule is CC(C)CNCc1cccnc1N1CCC(C)CC1C. The Kier molecular flexibility index (Phi) is 5.41. The van der Waals surface area contributed by atoms with Crippen molar-refractivity contribution < 1.29 is 0 Å². The van der Waals surface area contributed by atoms with Crippen molar-refractivity contribution in [2.24, 2.45) is 11.8 Å². The summed E-state index contributed by atoms with van der Waals surface area (Å²) in [5.41, 5.74) is 1.33. The molecule has 2 heterocycles. The van der Waals surface area contributed by atoms with Gasteiger partial charge >= 0.3 is 0 Å². The van der Waals surface area contributed by atoms with Gasteiger partial charge in [-0.2, -0.15) is 0 Å². The zero-order chi connectivity index (χ0) is 14.5. The van der Waals surface area contributed by atoms with Crippen LogP contribution in [0.2, 0.25) is 0 Å². The summed E-state index contributed by atoms with van der Waals surface area (Å²) in [4.78, 5) is 7.15.